The molecule has 0 amide bonds. The molecular formula is C28H29F6N5O6S. The van der Waals surface area contributed by atoms with E-state index in [4.69, 9.17) is 43.0 Å². The fourth-order valence-corrected chi connectivity index (χ4v) is 3.66. The topological polar surface area (TPSA) is 159 Å². The minimum absolute atomic E-state index is 0.00600. The van der Waals surface area contributed by atoms with Crippen LogP contribution in [-0.2, 0) is 14.3 Å². The normalized spacial score (nSPS) is 12.7. The number of nitrogen functional groups attached to an aromatic ring is 1. The molecule has 0 spiro atoms. The van der Waals surface area contributed by atoms with Gasteiger partial charge in [0, 0.05) is 38.3 Å². The van der Waals surface area contributed by atoms with Crippen LogP contribution in [0.4, 0.5) is 26.3 Å². The number of amidine groups is 2. The van der Waals surface area contributed by atoms with Gasteiger partial charge in [0.25, 0.3) is 5.17 Å². The van der Waals surface area contributed by atoms with Gasteiger partial charge in [-0.3, -0.25) is 20.4 Å². The zero-order valence-electron chi connectivity index (χ0n) is 24.4. The maximum Gasteiger partial charge on any atom is 0.458 e. The number of nitrogens with zero attached hydrogens (tertiary/aromatic N) is 2. The standard InChI is InChI=1S/C24H29N5O4S.C4F6O2/c1-28(2)24(34)33-19-10-9-18(21(25)26)15-20(19)31-13-14-32-23(30)17-7-5-16(6-8-17)22(27)29-11-3-4-12-29;5-3(6,7)1(11)2(12)4(8,9)10/h5-10,15,27H,3-4,11-14H2,1-2H3,(H3,25,26);. The number of halogens is 6. The first kappa shape index (κ1) is 37.4. The Kier molecular flexibility index (Phi) is 13.0. The third-order valence-electron chi connectivity index (χ3n) is 5.93. The Bertz CT molecular complexity index is 1430. The van der Waals surface area contributed by atoms with E-state index in [-0.39, 0.29) is 24.2 Å². The fourth-order valence-electron chi connectivity index (χ4n) is 3.57. The number of ether oxygens (including phenoxy) is 3. The molecule has 2 aromatic carbocycles. The summed E-state index contributed by atoms with van der Waals surface area (Å²) in [5, 5.41) is 16.2. The van der Waals surface area contributed by atoms with Gasteiger partial charge in [-0.1, -0.05) is 12.1 Å². The first-order valence-corrected chi connectivity index (χ1v) is 13.6. The first-order valence-electron chi connectivity index (χ1n) is 13.2. The van der Waals surface area contributed by atoms with Crippen molar-refractivity contribution in [1.82, 2.24) is 9.80 Å². The molecule has 1 aliphatic heterocycles. The molecule has 4 N–H and O–H groups in total. The summed E-state index contributed by atoms with van der Waals surface area (Å²) in [6.45, 7) is 1.86. The summed E-state index contributed by atoms with van der Waals surface area (Å²) in [6, 6.07) is 11.7. The van der Waals surface area contributed by atoms with Crippen molar-refractivity contribution in [2.45, 2.75) is 25.2 Å². The van der Waals surface area contributed by atoms with Crippen LogP contribution in [0.15, 0.2) is 42.5 Å². The van der Waals surface area contributed by atoms with E-state index in [1.807, 2.05) is 4.90 Å². The van der Waals surface area contributed by atoms with Crippen LogP contribution in [0.25, 0.3) is 0 Å². The molecule has 1 fully saturated rings. The Morgan fingerprint density at radius 2 is 1.35 bits per heavy atom. The quantitative estimate of drug-likeness (QED) is 0.0671. The smallest absolute Gasteiger partial charge is 0.458 e. The summed E-state index contributed by atoms with van der Waals surface area (Å²) in [5.41, 5.74) is 7.21. The molecule has 250 valence electrons. The van der Waals surface area contributed by atoms with Gasteiger partial charge in [0.1, 0.15) is 24.9 Å². The van der Waals surface area contributed by atoms with Crippen molar-refractivity contribution in [2.75, 3.05) is 40.4 Å². The number of thiocarbonyl (C=S) groups is 1. The van der Waals surface area contributed by atoms with Gasteiger partial charge in [0.15, 0.2) is 11.5 Å². The monoisotopic (exact) mass is 677 g/mol. The second-order valence-corrected chi connectivity index (χ2v) is 9.95. The molecule has 11 nitrogen and oxygen atoms in total. The maximum absolute atomic E-state index is 12.4. The van der Waals surface area contributed by atoms with E-state index in [2.05, 4.69) is 0 Å². The third-order valence-corrected chi connectivity index (χ3v) is 6.38. The van der Waals surface area contributed by atoms with Crippen LogP contribution >= 0.6 is 12.2 Å². The zero-order chi connectivity index (χ0) is 34.8. The van der Waals surface area contributed by atoms with Crippen molar-refractivity contribution in [1.29, 1.82) is 10.8 Å². The molecule has 0 aromatic heterocycles. The van der Waals surface area contributed by atoms with Crippen LogP contribution in [0.5, 0.6) is 11.5 Å². The number of esters is 1. The lowest BCUT2D eigenvalue weighted by molar-refractivity contribution is -0.193. The van der Waals surface area contributed by atoms with E-state index < -0.39 is 29.9 Å². The third kappa shape index (κ3) is 11.0. The number of nitrogens with one attached hydrogen (secondary N) is 2. The van der Waals surface area contributed by atoms with E-state index in [9.17, 15) is 40.7 Å². The molecule has 0 unspecified atom stereocenters. The molecule has 18 heteroatoms. The molecular weight excluding hydrogens is 648 g/mol. The number of alkyl halides is 6. The van der Waals surface area contributed by atoms with Gasteiger partial charge in [-0.25, -0.2) is 4.79 Å². The minimum atomic E-state index is -5.77. The summed E-state index contributed by atoms with van der Waals surface area (Å²) < 4.78 is 83.7. The van der Waals surface area contributed by atoms with Crippen molar-refractivity contribution >= 4 is 46.6 Å². The molecule has 0 bridgehead atoms. The summed E-state index contributed by atoms with van der Waals surface area (Å²) in [5.74, 6) is -6.23. The number of hydrogen-bond acceptors (Lipinski definition) is 9. The van der Waals surface area contributed by atoms with Crippen LogP contribution in [0.2, 0.25) is 0 Å². The summed E-state index contributed by atoms with van der Waals surface area (Å²) in [6.07, 6.45) is -9.34. The van der Waals surface area contributed by atoms with Gasteiger partial charge in [0.2, 0.25) is 0 Å². The van der Waals surface area contributed by atoms with Crippen molar-refractivity contribution < 1.29 is 54.9 Å². The van der Waals surface area contributed by atoms with Crippen LogP contribution in [0.1, 0.15) is 34.3 Å². The van der Waals surface area contributed by atoms with Crippen LogP contribution in [0, 0.1) is 10.8 Å². The number of Topliss-reactive ketones (excluding diaryl/α,β-unsaturated/α-hetero) is 2. The molecule has 2 aromatic rings. The van der Waals surface area contributed by atoms with Crippen molar-refractivity contribution in [3.63, 3.8) is 0 Å². The number of nitrogens with two attached hydrogens (primary N) is 1. The van der Waals surface area contributed by atoms with Gasteiger partial charge >= 0.3 is 29.9 Å². The van der Waals surface area contributed by atoms with E-state index in [1.165, 1.54) is 0 Å². The number of carbonyl (C=O) groups is 3. The van der Waals surface area contributed by atoms with Crippen LogP contribution in [-0.4, -0.2) is 96.9 Å². The molecule has 0 aliphatic carbocycles. The second-order valence-electron chi connectivity index (χ2n) is 9.60. The van der Waals surface area contributed by atoms with E-state index in [0.29, 0.717) is 28.5 Å². The van der Waals surface area contributed by atoms with Crippen LogP contribution < -0.4 is 15.2 Å². The highest BCUT2D eigenvalue weighted by Crippen LogP contribution is 2.29. The average molecular weight is 678 g/mol. The lowest BCUT2D eigenvalue weighted by atomic mass is 10.1. The molecule has 1 saturated heterocycles. The van der Waals surface area contributed by atoms with Crippen LogP contribution in [0.3, 0.4) is 0 Å². The maximum atomic E-state index is 12.4. The SMILES string of the molecule is CN(C)C(=S)Oc1ccc(C(=N)N)cc1OCCOC(=O)c1ccc(C(=N)N2CCCC2)cc1.O=C(C(=O)C(F)(F)F)C(F)(F)F. The lowest BCUT2D eigenvalue weighted by Gasteiger charge is -2.18. The Labute approximate surface area is 264 Å². The Morgan fingerprint density at radius 1 is 0.848 bits per heavy atom. The number of carbonyl (C=O) groups excluding carboxylic acids is 3. The second kappa shape index (κ2) is 16.0. The number of hydrogen-bond donors (Lipinski definition) is 3. The number of ketones is 2. The molecule has 0 saturated carbocycles. The number of rotatable bonds is 9. The predicted molar refractivity (Wildman–Crippen MR) is 156 cm³/mol. The van der Waals surface area contributed by atoms with Gasteiger partial charge in [-0.2, -0.15) is 26.3 Å². The van der Waals surface area contributed by atoms with E-state index in [0.717, 1.165) is 31.5 Å². The van der Waals surface area contributed by atoms with Crippen molar-refractivity contribution in [3.05, 3.63) is 59.2 Å². The number of likely N-dealkylation sites (tertiary alicyclic amines) is 1. The summed E-state index contributed by atoms with van der Waals surface area (Å²) >= 11 is 5.18. The highest BCUT2D eigenvalue weighted by atomic mass is 32.1. The van der Waals surface area contributed by atoms with Crippen molar-refractivity contribution in [3.8, 4) is 11.5 Å². The van der Waals surface area contributed by atoms with E-state index >= 15 is 0 Å². The Balaban J connectivity index is 0.000000521. The molecule has 0 radical (unpaired) electrons. The number of benzene rings is 2. The first-order chi connectivity index (χ1) is 21.3. The fraction of sp³-hybridized carbons (Fsp3) is 0.357. The molecule has 3 rings (SSSR count). The van der Waals surface area contributed by atoms with Gasteiger partial charge in [-0.15, -0.1) is 0 Å². The Hall–Kier alpha value is -4.74. The highest BCUT2D eigenvalue weighted by molar-refractivity contribution is 7.80. The highest BCUT2D eigenvalue weighted by Gasteiger charge is 2.54. The molecule has 1 aliphatic rings. The zero-order valence-corrected chi connectivity index (χ0v) is 25.2. The Morgan fingerprint density at radius 3 is 1.83 bits per heavy atom. The van der Waals surface area contributed by atoms with E-state index in [1.54, 1.807) is 61.5 Å². The van der Waals surface area contributed by atoms with Gasteiger partial charge in [-0.05, 0) is 55.4 Å². The molecule has 0 atom stereocenters. The predicted octanol–water partition coefficient (Wildman–Crippen LogP) is 4.10. The molecule has 1 heterocycles. The van der Waals surface area contributed by atoms with Gasteiger partial charge in [0.05, 0.1) is 5.56 Å². The van der Waals surface area contributed by atoms with Crippen molar-refractivity contribution in [2.24, 2.45) is 5.73 Å². The minimum Gasteiger partial charge on any atom is -0.486 e. The largest absolute Gasteiger partial charge is 0.486 e. The average Bonchev–Trinajstić information content (AvgIpc) is 3.53. The lowest BCUT2D eigenvalue weighted by Crippen LogP contribution is -2.39. The summed E-state index contributed by atoms with van der Waals surface area (Å²) in [7, 11) is 3.52. The summed E-state index contributed by atoms with van der Waals surface area (Å²) in [4.78, 5) is 35.3. The van der Waals surface area contributed by atoms with Gasteiger partial charge < -0.3 is 29.7 Å². The molecule has 46 heavy (non-hydrogen) atoms.